The van der Waals surface area contributed by atoms with Crippen molar-refractivity contribution in [2.75, 3.05) is 27.3 Å². The van der Waals surface area contributed by atoms with E-state index in [4.69, 9.17) is 14.2 Å². The molecule has 6 nitrogen and oxygen atoms in total. The van der Waals surface area contributed by atoms with Crippen LogP contribution in [0.15, 0.2) is 48.5 Å². The normalized spacial score (nSPS) is 13.9. The van der Waals surface area contributed by atoms with Gasteiger partial charge in [0.15, 0.2) is 0 Å². The summed E-state index contributed by atoms with van der Waals surface area (Å²) in [7, 11) is 3.24. The summed E-state index contributed by atoms with van der Waals surface area (Å²) < 4.78 is 17.1. The van der Waals surface area contributed by atoms with E-state index in [0.717, 1.165) is 24.2 Å². The first-order chi connectivity index (χ1) is 15.2. The van der Waals surface area contributed by atoms with Gasteiger partial charge in [0.25, 0.3) is 0 Å². The maximum absolute atomic E-state index is 5.98. The predicted molar refractivity (Wildman–Crippen MR) is 121 cm³/mol. The van der Waals surface area contributed by atoms with Crippen LogP contribution >= 0.6 is 0 Å². The molecule has 2 aromatic carbocycles. The van der Waals surface area contributed by atoms with Crippen LogP contribution in [0.4, 0.5) is 0 Å². The lowest BCUT2D eigenvalue weighted by atomic mass is 9.97. The summed E-state index contributed by atoms with van der Waals surface area (Å²) in [6, 6.07) is 16.9. The summed E-state index contributed by atoms with van der Waals surface area (Å²) in [6.07, 6.45) is 2.43. The molecule has 0 bridgehead atoms. The largest absolute Gasteiger partial charge is 0.481 e. The molecule has 0 saturated carbocycles. The molecule has 0 unspecified atom stereocenters. The Bertz CT molecular complexity index is 993. The van der Waals surface area contributed by atoms with Crippen LogP contribution in [0.25, 0.3) is 11.1 Å². The molecule has 3 aromatic rings. The van der Waals surface area contributed by atoms with E-state index in [9.17, 15) is 0 Å². The Morgan fingerprint density at radius 3 is 2.19 bits per heavy atom. The second-order valence-corrected chi connectivity index (χ2v) is 7.73. The highest BCUT2D eigenvalue weighted by molar-refractivity contribution is 5.68. The van der Waals surface area contributed by atoms with E-state index in [2.05, 4.69) is 52.1 Å². The minimum absolute atomic E-state index is 0.253. The second-order valence-electron chi connectivity index (χ2n) is 7.73. The van der Waals surface area contributed by atoms with E-state index in [-0.39, 0.29) is 6.01 Å². The van der Waals surface area contributed by atoms with Gasteiger partial charge in [-0.05, 0) is 55.1 Å². The molecule has 162 valence electrons. The van der Waals surface area contributed by atoms with Crippen LogP contribution in [0.1, 0.15) is 29.5 Å². The zero-order valence-electron chi connectivity index (χ0n) is 18.4. The van der Waals surface area contributed by atoms with Gasteiger partial charge in [-0.25, -0.2) is 0 Å². The summed E-state index contributed by atoms with van der Waals surface area (Å²) >= 11 is 0. The highest BCUT2D eigenvalue weighted by Crippen LogP contribution is 2.31. The summed E-state index contributed by atoms with van der Waals surface area (Å²) in [5, 5.41) is 0. The van der Waals surface area contributed by atoms with Gasteiger partial charge in [-0.3, -0.25) is 4.90 Å². The fourth-order valence-corrected chi connectivity index (χ4v) is 4.04. The van der Waals surface area contributed by atoms with Crippen molar-refractivity contribution in [3.63, 3.8) is 0 Å². The molecule has 1 aliphatic heterocycles. The molecule has 1 fully saturated rings. The number of nitrogens with zero attached hydrogens (tertiary/aromatic N) is 3. The predicted octanol–water partition coefficient (Wildman–Crippen LogP) is 4.64. The first-order valence-electron chi connectivity index (χ1n) is 10.7. The number of benzene rings is 2. The first kappa shape index (κ1) is 21.1. The van der Waals surface area contributed by atoms with Crippen LogP contribution in [0.2, 0.25) is 0 Å². The van der Waals surface area contributed by atoms with E-state index in [1.807, 2.05) is 18.2 Å². The Morgan fingerprint density at radius 2 is 1.55 bits per heavy atom. The standard InChI is InChI=1S/C25H29N3O3/c1-18-20(12-9-13-21(18)19-10-5-4-6-11-19)17-31-25-26-23(29-2)22(24(27-25)30-3)16-28-14-7-8-15-28/h4-6,9-13H,7-8,14-17H2,1-3H3. The molecule has 1 aliphatic rings. The number of hydrogen-bond donors (Lipinski definition) is 0. The molecule has 0 N–H and O–H groups in total. The third-order valence-electron chi connectivity index (χ3n) is 5.77. The van der Waals surface area contributed by atoms with Crippen molar-refractivity contribution in [1.29, 1.82) is 0 Å². The number of hydrogen-bond acceptors (Lipinski definition) is 6. The topological polar surface area (TPSA) is 56.7 Å². The van der Waals surface area contributed by atoms with Gasteiger partial charge in [0.1, 0.15) is 6.61 Å². The van der Waals surface area contributed by atoms with Crippen molar-refractivity contribution in [1.82, 2.24) is 14.9 Å². The zero-order valence-corrected chi connectivity index (χ0v) is 18.4. The molecule has 0 amide bonds. The van der Waals surface area contributed by atoms with Gasteiger partial charge in [0.05, 0.1) is 19.8 Å². The fourth-order valence-electron chi connectivity index (χ4n) is 4.04. The molecule has 0 radical (unpaired) electrons. The molecule has 1 aromatic heterocycles. The van der Waals surface area contributed by atoms with Gasteiger partial charge in [0.2, 0.25) is 11.8 Å². The SMILES string of the molecule is COc1nc(OCc2cccc(-c3ccccc3)c2C)nc(OC)c1CN1CCCC1. The summed E-state index contributed by atoms with van der Waals surface area (Å²) in [4.78, 5) is 11.4. The quantitative estimate of drug-likeness (QED) is 0.530. The minimum atomic E-state index is 0.253. The van der Waals surface area contributed by atoms with E-state index >= 15 is 0 Å². The highest BCUT2D eigenvalue weighted by Gasteiger charge is 2.21. The van der Waals surface area contributed by atoms with Crippen LogP contribution < -0.4 is 14.2 Å². The van der Waals surface area contributed by atoms with Crippen LogP contribution in [0, 0.1) is 6.92 Å². The Kier molecular flexibility index (Phi) is 6.67. The van der Waals surface area contributed by atoms with Crippen molar-refractivity contribution >= 4 is 0 Å². The highest BCUT2D eigenvalue weighted by atomic mass is 16.5. The third-order valence-corrected chi connectivity index (χ3v) is 5.77. The molecule has 4 rings (SSSR count). The molecular formula is C25H29N3O3. The van der Waals surface area contributed by atoms with Crippen LogP contribution in [0.5, 0.6) is 17.8 Å². The summed E-state index contributed by atoms with van der Waals surface area (Å²) in [5.41, 5.74) is 5.51. The third kappa shape index (κ3) is 4.80. The second kappa shape index (κ2) is 9.79. The average molecular weight is 420 g/mol. The maximum Gasteiger partial charge on any atom is 0.323 e. The Hall–Kier alpha value is -3.12. The number of rotatable bonds is 8. The summed E-state index contributed by atoms with van der Waals surface area (Å²) in [5.74, 6) is 1.01. The van der Waals surface area contributed by atoms with E-state index in [1.165, 1.54) is 29.5 Å². The van der Waals surface area contributed by atoms with Gasteiger partial charge in [-0.1, -0.05) is 48.5 Å². The van der Waals surface area contributed by atoms with E-state index in [1.54, 1.807) is 14.2 Å². The molecule has 31 heavy (non-hydrogen) atoms. The molecule has 0 spiro atoms. The van der Waals surface area contributed by atoms with Crippen molar-refractivity contribution in [3.05, 3.63) is 65.2 Å². The van der Waals surface area contributed by atoms with Gasteiger partial charge >= 0.3 is 6.01 Å². The summed E-state index contributed by atoms with van der Waals surface area (Å²) in [6.45, 7) is 5.33. The fraction of sp³-hybridized carbons (Fsp3) is 0.360. The number of aromatic nitrogens is 2. The smallest absolute Gasteiger partial charge is 0.323 e. The molecule has 1 saturated heterocycles. The van der Waals surface area contributed by atoms with E-state index in [0.29, 0.717) is 24.9 Å². The average Bonchev–Trinajstić information content (AvgIpc) is 3.32. The first-order valence-corrected chi connectivity index (χ1v) is 10.7. The van der Waals surface area contributed by atoms with Gasteiger partial charge in [-0.2, -0.15) is 9.97 Å². The van der Waals surface area contributed by atoms with Crippen molar-refractivity contribution in [2.24, 2.45) is 0 Å². The minimum Gasteiger partial charge on any atom is -0.481 e. The molecule has 2 heterocycles. The monoisotopic (exact) mass is 419 g/mol. The van der Waals surface area contributed by atoms with Crippen molar-refractivity contribution < 1.29 is 14.2 Å². The van der Waals surface area contributed by atoms with Crippen LogP contribution in [-0.2, 0) is 13.2 Å². The molecule has 0 aliphatic carbocycles. The zero-order chi connectivity index (χ0) is 21.6. The van der Waals surface area contributed by atoms with Crippen molar-refractivity contribution in [3.8, 4) is 28.9 Å². The Labute approximate surface area is 183 Å². The van der Waals surface area contributed by atoms with Crippen molar-refractivity contribution in [2.45, 2.75) is 32.9 Å². The van der Waals surface area contributed by atoms with Gasteiger partial charge < -0.3 is 14.2 Å². The lowest BCUT2D eigenvalue weighted by molar-refractivity contribution is 0.257. The molecular weight excluding hydrogens is 390 g/mol. The number of ether oxygens (including phenoxy) is 3. The van der Waals surface area contributed by atoms with Crippen LogP contribution in [-0.4, -0.2) is 42.2 Å². The molecule has 6 heteroatoms. The number of methoxy groups -OCH3 is 2. The van der Waals surface area contributed by atoms with Gasteiger partial charge in [-0.15, -0.1) is 0 Å². The Morgan fingerprint density at radius 1 is 0.871 bits per heavy atom. The van der Waals surface area contributed by atoms with E-state index < -0.39 is 0 Å². The number of likely N-dealkylation sites (tertiary alicyclic amines) is 1. The lowest BCUT2D eigenvalue weighted by Crippen LogP contribution is -2.20. The maximum atomic E-state index is 5.98. The Balaban J connectivity index is 1.55. The lowest BCUT2D eigenvalue weighted by Gasteiger charge is -2.19. The molecule has 0 atom stereocenters. The van der Waals surface area contributed by atoms with Gasteiger partial charge in [0, 0.05) is 6.54 Å². The van der Waals surface area contributed by atoms with Crippen LogP contribution in [0.3, 0.4) is 0 Å².